The molecule has 2 N–H and O–H groups in total. The van der Waals surface area contributed by atoms with Gasteiger partial charge in [-0.15, -0.1) is 0 Å². The minimum atomic E-state index is -0.863. The summed E-state index contributed by atoms with van der Waals surface area (Å²) in [6, 6.07) is 3.76. The molecule has 0 aliphatic carbocycles. The molecule has 1 saturated heterocycles. The fourth-order valence-corrected chi connectivity index (χ4v) is 2.69. The molecule has 0 bridgehead atoms. The Labute approximate surface area is 133 Å². The van der Waals surface area contributed by atoms with Gasteiger partial charge in [-0.2, -0.15) is 0 Å². The van der Waals surface area contributed by atoms with Gasteiger partial charge in [-0.25, -0.2) is 0 Å². The van der Waals surface area contributed by atoms with Crippen LogP contribution in [0, 0.1) is 17.0 Å². The van der Waals surface area contributed by atoms with E-state index in [9.17, 15) is 19.7 Å². The summed E-state index contributed by atoms with van der Waals surface area (Å²) in [5.74, 6) is -1.15. The van der Waals surface area contributed by atoms with Crippen LogP contribution in [0.25, 0.3) is 0 Å². The number of nitro groups is 1. The standard InChI is InChI=1S/C15H19N3O5/c1-10-4-5-11(18(22)23)9-12(10)16-14(19)6-8-17-7-2-3-13(17)15(20)21/h4-5,9,13H,2-3,6-8H2,1H3,(H,16,19)(H,20,21). The van der Waals surface area contributed by atoms with Crippen molar-refractivity contribution in [3.8, 4) is 0 Å². The van der Waals surface area contributed by atoms with Gasteiger partial charge in [-0.3, -0.25) is 24.6 Å². The number of nitro benzene ring substituents is 1. The van der Waals surface area contributed by atoms with Crippen LogP contribution in [-0.4, -0.2) is 45.9 Å². The fourth-order valence-electron chi connectivity index (χ4n) is 2.69. The molecular formula is C15H19N3O5. The molecule has 1 amide bonds. The molecule has 8 nitrogen and oxygen atoms in total. The number of aryl methyl sites for hydroxylation is 1. The lowest BCUT2D eigenvalue weighted by Crippen LogP contribution is -2.37. The van der Waals surface area contributed by atoms with E-state index in [1.165, 1.54) is 12.1 Å². The number of hydrogen-bond donors (Lipinski definition) is 2. The van der Waals surface area contributed by atoms with Crippen molar-refractivity contribution in [1.29, 1.82) is 0 Å². The number of carbonyl (C=O) groups is 2. The molecule has 2 rings (SSSR count). The first-order valence-corrected chi connectivity index (χ1v) is 7.40. The van der Waals surface area contributed by atoms with Gasteiger partial charge in [0.2, 0.25) is 5.91 Å². The van der Waals surface area contributed by atoms with Gasteiger partial charge in [0.25, 0.3) is 5.69 Å². The Balaban J connectivity index is 1.94. The van der Waals surface area contributed by atoms with E-state index in [-0.39, 0.29) is 18.0 Å². The highest BCUT2D eigenvalue weighted by Gasteiger charge is 2.30. The lowest BCUT2D eigenvalue weighted by Gasteiger charge is -2.20. The number of anilines is 1. The van der Waals surface area contributed by atoms with Crippen molar-refractivity contribution < 1.29 is 19.6 Å². The van der Waals surface area contributed by atoms with E-state index in [1.54, 1.807) is 17.9 Å². The van der Waals surface area contributed by atoms with Gasteiger partial charge >= 0.3 is 5.97 Å². The van der Waals surface area contributed by atoms with Gasteiger partial charge < -0.3 is 10.4 Å². The summed E-state index contributed by atoms with van der Waals surface area (Å²) in [6.07, 6.45) is 1.55. The molecule has 0 spiro atoms. The molecule has 0 saturated carbocycles. The number of carbonyl (C=O) groups excluding carboxylic acids is 1. The first-order valence-electron chi connectivity index (χ1n) is 7.40. The molecule has 1 fully saturated rings. The number of nitrogens with one attached hydrogen (secondary N) is 1. The minimum Gasteiger partial charge on any atom is -0.480 e. The van der Waals surface area contributed by atoms with Crippen LogP contribution in [0.5, 0.6) is 0 Å². The lowest BCUT2D eigenvalue weighted by atomic mass is 10.1. The number of hydrogen-bond acceptors (Lipinski definition) is 5. The molecule has 1 aromatic rings. The maximum atomic E-state index is 12.0. The molecule has 0 aromatic heterocycles. The van der Waals surface area contributed by atoms with Crippen molar-refractivity contribution in [2.75, 3.05) is 18.4 Å². The second-order valence-corrected chi connectivity index (χ2v) is 5.59. The Morgan fingerprint density at radius 2 is 2.22 bits per heavy atom. The highest BCUT2D eigenvalue weighted by molar-refractivity contribution is 5.92. The van der Waals surface area contributed by atoms with E-state index in [4.69, 9.17) is 5.11 Å². The molecule has 1 unspecified atom stereocenters. The van der Waals surface area contributed by atoms with Crippen LogP contribution in [0.15, 0.2) is 18.2 Å². The molecule has 8 heteroatoms. The van der Waals surface area contributed by atoms with Crippen LogP contribution in [0.1, 0.15) is 24.8 Å². The zero-order chi connectivity index (χ0) is 17.0. The number of nitrogens with zero attached hydrogens (tertiary/aromatic N) is 2. The number of benzene rings is 1. The Morgan fingerprint density at radius 1 is 1.48 bits per heavy atom. The molecule has 23 heavy (non-hydrogen) atoms. The van der Waals surface area contributed by atoms with E-state index >= 15 is 0 Å². The average molecular weight is 321 g/mol. The molecular weight excluding hydrogens is 302 g/mol. The summed E-state index contributed by atoms with van der Waals surface area (Å²) in [6.45, 7) is 2.77. The van der Waals surface area contributed by atoms with Crippen LogP contribution >= 0.6 is 0 Å². The van der Waals surface area contributed by atoms with Crippen molar-refractivity contribution in [1.82, 2.24) is 4.90 Å². The third kappa shape index (κ3) is 4.26. The maximum absolute atomic E-state index is 12.0. The molecule has 1 heterocycles. The quantitative estimate of drug-likeness (QED) is 0.610. The zero-order valence-corrected chi connectivity index (χ0v) is 12.8. The van der Waals surface area contributed by atoms with E-state index in [1.807, 2.05) is 0 Å². The van der Waals surface area contributed by atoms with Crippen molar-refractivity contribution in [3.63, 3.8) is 0 Å². The zero-order valence-electron chi connectivity index (χ0n) is 12.8. The smallest absolute Gasteiger partial charge is 0.320 e. The van der Waals surface area contributed by atoms with E-state index < -0.39 is 16.9 Å². The predicted molar refractivity (Wildman–Crippen MR) is 83.3 cm³/mol. The predicted octanol–water partition coefficient (Wildman–Crippen LogP) is 1.78. The number of likely N-dealkylation sites (tertiary alicyclic amines) is 1. The third-order valence-corrected chi connectivity index (χ3v) is 3.98. The molecule has 124 valence electrons. The summed E-state index contributed by atoms with van der Waals surface area (Å²) in [5.41, 5.74) is 1.05. The van der Waals surface area contributed by atoms with E-state index in [2.05, 4.69) is 5.32 Å². The van der Waals surface area contributed by atoms with E-state index in [0.29, 0.717) is 25.2 Å². The fraction of sp³-hybridized carbons (Fsp3) is 0.467. The summed E-state index contributed by atoms with van der Waals surface area (Å²) in [7, 11) is 0. The van der Waals surface area contributed by atoms with Gasteiger partial charge in [0.05, 0.1) is 10.6 Å². The van der Waals surface area contributed by atoms with Crippen LogP contribution < -0.4 is 5.32 Å². The highest BCUT2D eigenvalue weighted by atomic mass is 16.6. The lowest BCUT2D eigenvalue weighted by molar-refractivity contribution is -0.384. The molecule has 1 aliphatic rings. The first kappa shape index (κ1) is 16.9. The Morgan fingerprint density at radius 3 is 2.87 bits per heavy atom. The molecule has 0 radical (unpaired) electrons. The van der Waals surface area contributed by atoms with Crippen LogP contribution in [0.4, 0.5) is 11.4 Å². The minimum absolute atomic E-state index is 0.0867. The van der Waals surface area contributed by atoms with Gasteiger partial charge in [0.1, 0.15) is 6.04 Å². The Hall–Kier alpha value is -2.48. The maximum Gasteiger partial charge on any atom is 0.320 e. The Bertz CT molecular complexity index is 632. The number of aliphatic carboxylic acids is 1. The van der Waals surface area contributed by atoms with Gasteiger partial charge in [-0.1, -0.05) is 6.07 Å². The SMILES string of the molecule is Cc1ccc([N+](=O)[O-])cc1NC(=O)CCN1CCCC1C(=O)O. The summed E-state index contributed by atoms with van der Waals surface area (Å²) >= 11 is 0. The Kier molecular flexibility index (Phi) is 5.28. The summed E-state index contributed by atoms with van der Waals surface area (Å²) in [5, 5.41) is 22.5. The van der Waals surface area contributed by atoms with Gasteiger partial charge in [0, 0.05) is 25.1 Å². The summed E-state index contributed by atoms with van der Waals surface area (Å²) in [4.78, 5) is 35.2. The van der Waals surface area contributed by atoms with Crippen molar-refractivity contribution in [2.24, 2.45) is 0 Å². The normalized spacial score (nSPS) is 17.9. The molecule has 1 atom stereocenters. The van der Waals surface area contributed by atoms with Crippen molar-refractivity contribution in [3.05, 3.63) is 33.9 Å². The first-order chi connectivity index (χ1) is 10.9. The van der Waals surface area contributed by atoms with Gasteiger partial charge in [0.15, 0.2) is 0 Å². The van der Waals surface area contributed by atoms with Crippen LogP contribution in [-0.2, 0) is 9.59 Å². The van der Waals surface area contributed by atoms with Crippen LogP contribution in [0.2, 0.25) is 0 Å². The van der Waals surface area contributed by atoms with E-state index in [0.717, 1.165) is 12.0 Å². The summed E-state index contributed by atoms with van der Waals surface area (Å²) < 4.78 is 0. The topological polar surface area (TPSA) is 113 Å². The largest absolute Gasteiger partial charge is 0.480 e. The number of non-ortho nitro benzene ring substituents is 1. The molecule has 1 aromatic carbocycles. The van der Waals surface area contributed by atoms with Gasteiger partial charge in [-0.05, 0) is 31.9 Å². The van der Waals surface area contributed by atoms with Crippen LogP contribution in [0.3, 0.4) is 0 Å². The van der Waals surface area contributed by atoms with Crippen molar-refractivity contribution in [2.45, 2.75) is 32.2 Å². The van der Waals surface area contributed by atoms with Crippen molar-refractivity contribution >= 4 is 23.3 Å². The molecule has 1 aliphatic heterocycles. The third-order valence-electron chi connectivity index (χ3n) is 3.98. The number of carboxylic acids is 1. The number of rotatable bonds is 6. The highest BCUT2D eigenvalue weighted by Crippen LogP contribution is 2.22. The average Bonchev–Trinajstić information content (AvgIpc) is 2.96. The number of carboxylic acid groups (broad SMARTS) is 1. The monoisotopic (exact) mass is 321 g/mol. The number of amides is 1. The second kappa shape index (κ2) is 7.19. The second-order valence-electron chi connectivity index (χ2n) is 5.59.